The molecular weight excluding hydrogens is 184 g/mol. The minimum atomic E-state index is 0.403. The molecule has 0 saturated heterocycles. The maximum Gasteiger partial charge on any atom is 0.0249 e. The largest absolute Gasteiger partial charge is 0.326 e. The SMILES string of the molecule is CCN(CC)C1CC(C(C)C)CCC1N. The molecule has 90 valence electrons. The van der Waals surface area contributed by atoms with Gasteiger partial charge in [0.2, 0.25) is 0 Å². The lowest BCUT2D eigenvalue weighted by Gasteiger charge is -2.41. The van der Waals surface area contributed by atoms with Crippen LogP contribution in [0.15, 0.2) is 0 Å². The van der Waals surface area contributed by atoms with Crippen LogP contribution in [0, 0.1) is 11.8 Å². The van der Waals surface area contributed by atoms with Gasteiger partial charge >= 0.3 is 0 Å². The Morgan fingerprint density at radius 1 is 1.20 bits per heavy atom. The highest BCUT2D eigenvalue weighted by Gasteiger charge is 2.32. The molecule has 0 aromatic carbocycles. The summed E-state index contributed by atoms with van der Waals surface area (Å²) in [6.45, 7) is 11.5. The summed E-state index contributed by atoms with van der Waals surface area (Å²) in [4.78, 5) is 2.54. The third kappa shape index (κ3) is 3.18. The summed E-state index contributed by atoms with van der Waals surface area (Å²) in [6, 6.07) is 1.03. The van der Waals surface area contributed by atoms with E-state index in [9.17, 15) is 0 Å². The molecule has 1 rings (SSSR count). The first kappa shape index (κ1) is 13.0. The molecule has 0 aromatic heterocycles. The van der Waals surface area contributed by atoms with Gasteiger partial charge in [-0.3, -0.25) is 4.90 Å². The van der Waals surface area contributed by atoms with Crippen LogP contribution >= 0.6 is 0 Å². The number of hydrogen-bond acceptors (Lipinski definition) is 2. The van der Waals surface area contributed by atoms with Crippen molar-refractivity contribution in [3.05, 3.63) is 0 Å². The van der Waals surface area contributed by atoms with E-state index in [2.05, 4.69) is 32.6 Å². The molecule has 3 unspecified atom stereocenters. The van der Waals surface area contributed by atoms with Crippen LogP contribution in [0.2, 0.25) is 0 Å². The molecule has 0 aliphatic heterocycles. The van der Waals surface area contributed by atoms with Gasteiger partial charge in [0.1, 0.15) is 0 Å². The van der Waals surface area contributed by atoms with Crippen LogP contribution in [0.25, 0.3) is 0 Å². The second kappa shape index (κ2) is 5.86. The highest BCUT2D eigenvalue weighted by molar-refractivity contribution is 4.89. The Labute approximate surface area is 95.2 Å². The van der Waals surface area contributed by atoms with Crippen molar-refractivity contribution in [2.75, 3.05) is 13.1 Å². The molecule has 0 spiro atoms. The van der Waals surface area contributed by atoms with Crippen molar-refractivity contribution in [1.82, 2.24) is 4.90 Å². The number of nitrogens with zero attached hydrogens (tertiary/aromatic N) is 1. The van der Waals surface area contributed by atoms with Crippen molar-refractivity contribution < 1.29 is 0 Å². The van der Waals surface area contributed by atoms with E-state index in [0.717, 1.165) is 24.9 Å². The number of hydrogen-bond donors (Lipinski definition) is 1. The van der Waals surface area contributed by atoms with Crippen LogP contribution < -0.4 is 5.73 Å². The Balaban J connectivity index is 2.60. The van der Waals surface area contributed by atoms with Crippen molar-refractivity contribution in [2.45, 2.75) is 59.0 Å². The van der Waals surface area contributed by atoms with Crippen LogP contribution in [0.1, 0.15) is 47.0 Å². The molecule has 2 nitrogen and oxygen atoms in total. The molecular formula is C13H28N2. The predicted octanol–water partition coefficient (Wildman–Crippen LogP) is 2.48. The molecule has 0 heterocycles. The second-order valence-corrected chi connectivity index (χ2v) is 5.27. The molecule has 1 aliphatic rings. The summed E-state index contributed by atoms with van der Waals surface area (Å²) in [5, 5.41) is 0. The summed E-state index contributed by atoms with van der Waals surface area (Å²) in [7, 11) is 0. The lowest BCUT2D eigenvalue weighted by atomic mass is 9.76. The van der Waals surface area contributed by atoms with Crippen molar-refractivity contribution in [3.63, 3.8) is 0 Å². The zero-order chi connectivity index (χ0) is 11.4. The maximum absolute atomic E-state index is 6.25. The predicted molar refractivity (Wildman–Crippen MR) is 66.9 cm³/mol. The molecule has 1 fully saturated rings. The summed E-state index contributed by atoms with van der Waals surface area (Å²) >= 11 is 0. The van der Waals surface area contributed by atoms with Gasteiger partial charge in [-0.2, -0.15) is 0 Å². The number of rotatable bonds is 4. The van der Waals surface area contributed by atoms with E-state index in [-0.39, 0.29) is 0 Å². The van der Waals surface area contributed by atoms with Crippen LogP contribution in [0.3, 0.4) is 0 Å². The third-order valence-electron chi connectivity index (χ3n) is 4.13. The van der Waals surface area contributed by atoms with Gasteiger partial charge in [-0.25, -0.2) is 0 Å². The molecule has 2 heteroatoms. The quantitative estimate of drug-likeness (QED) is 0.776. The van der Waals surface area contributed by atoms with E-state index in [1.165, 1.54) is 19.3 Å². The van der Waals surface area contributed by atoms with Gasteiger partial charge in [-0.1, -0.05) is 27.7 Å². The average molecular weight is 212 g/mol. The molecule has 15 heavy (non-hydrogen) atoms. The van der Waals surface area contributed by atoms with Gasteiger partial charge in [0.05, 0.1) is 0 Å². The Morgan fingerprint density at radius 3 is 2.27 bits per heavy atom. The summed E-state index contributed by atoms with van der Waals surface area (Å²) in [6.07, 6.45) is 3.85. The smallest absolute Gasteiger partial charge is 0.0249 e. The highest BCUT2D eigenvalue weighted by atomic mass is 15.2. The van der Waals surface area contributed by atoms with Gasteiger partial charge in [0, 0.05) is 12.1 Å². The van der Waals surface area contributed by atoms with Crippen molar-refractivity contribution in [2.24, 2.45) is 17.6 Å². The lowest BCUT2D eigenvalue weighted by Crippen LogP contribution is -2.51. The molecule has 3 atom stereocenters. The summed E-state index contributed by atoms with van der Waals surface area (Å²) in [5.74, 6) is 1.70. The Bertz CT molecular complexity index is 175. The van der Waals surface area contributed by atoms with Gasteiger partial charge < -0.3 is 5.73 Å². The van der Waals surface area contributed by atoms with Gasteiger partial charge in [0.25, 0.3) is 0 Å². The number of nitrogens with two attached hydrogens (primary N) is 1. The first-order chi connectivity index (χ1) is 7.10. The van der Waals surface area contributed by atoms with Crippen molar-refractivity contribution >= 4 is 0 Å². The molecule has 0 radical (unpaired) electrons. The van der Waals surface area contributed by atoms with E-state index in [0.29, 0.717) is 12.1 Å². The average Bonchev–Trinajstić information content (AvgIpc) is 2.22. The Morgan fingerprint density at radius 2 is 1.80 bits per heavy atom. The Hall–Kier alpha value is -0.0800. The molecule has 0 bridgehead atoms. The fraction of sp³-hybridized carbons (Fsp3) is 1.00. The zero-order valence-electron chi connectivity index (χ0n) is 10.9. The molecule has 2 N–H and O–H groups in total. The van der Waals surface area contributed by atoms with E-state index in [1.807, 2.05) is 0 Å². The first-order valence-corrected chi connectivity index (χ1v) is 6.59. The maximum atomic E-state index is 6.25. The van der Waals surface area contributed by atoms with Gasteiger partial charge in [0.15, 0.2) is 0 Å². The van der Waals surface area contributed by atoms with E-state index in [4.69, 9.17) is 5.73 Å². The fourth-order valence-electron chi connectivity index (χ4n) is 2.92. The summed E-state index contributed by atoms with van der Waals surface area (Å²) in [5.41, 5.74) is 6.25. The topological polar surface area (TPSA) is 29.3 Å². The minimum absolute atomic E-state index is 0.403. The normalized spacial score (nSPS) is 32.6. The number of likely N-dealkylation sites (N-methyl/N-ethyl adjacent to an activating group) is 1. The van der Waals surface area contributed by atoms with Crippen LogP contribution in [-0.2, 0) is 0 Å². The Kier molecular flexibility index (Phi) is 5.07. The van der Waals surface area contributed by atoms with Crippen molar-refractivity contribution in [1.29, 1.82) is 0 Å². The van der Waals surface area contributed by atoms with E-state index in [1.54, 1.807) is 0 Å². The second-order valence-electron chi connectivity index (χ2n) is 5.27. The monoisotopic (exact) mass is 212 g/mol. The standard InChI is InChI=1S/C13H28N2/c1-5-15(6-2)13-9-11(10(3)4)7-8-12(13)14/h10-13H,5-9,14H2,1-4H3. The van der Waals surface area contributed by atoms with Crippen LogP contribution in [0.4, 0.5) is 0 Å². The van der Waals surface area contributed by atoms with Gasteiger partial charge in [-0.05, 0) is 44.2 Å². The van der Waals surface area contributed by atoms with E-state index >= 15 is 0 Å². The first-order valence-electron chi connectivity index (χ1n) is 6.59. The zero-order valence-corrected chi connectivity index (χ0v) is 10.9. The lowest BCUT2D eigenvalue weighted by molar-refractivity contribution is 0.105. The minimum Gasteiger partial charge on any atom is -0.326 e. The van der Waals surface area contributed by atoms with Crippen LogP contribution in [0.5, 0.6) is 0 Å². The van der Waals surface area contributed by atoms with Gasteiger partial charge in [-0.15, -0.1) is 0 Å². The summed E-state index contributed by atoms with van der Waals surface area (Å²) < 4.78 is 0. The highest BCUT2D eigenvalue weighted by Crippen LogP contribution is 2.31. The van der Waals surface area contributed by atoms with Crippen LogP contribution in [-0.4, -0.2) is 30.1 Å². The third-order valence-corrected chi connectivity index (χ3v) is 4.13. The molecule has 1 aliphatic carbocycles. The fourth-order valence-corrected chi connectivity index (χ4v) is 2.92. The van der Waals surface area contributed by atoms with Crippen molar-refractivity contribution in [3.8, 4) is 0 Å². The molecule has 1 saturated carbocycles. The van der Waals surface area contributed by atoms with E-state index < -0.39 is 0 Å². The molecule has 0 amide bonds. The molecule has 0 aromatic rings.